The summed E-state index contributed by atoms with van der Waals surface area (Å²) in [4.78, 5) is 25.1. The highest BCUT2D eigenvalue weighted by molar-refractivity contribution is 5.67. The molecule has 1 aliphatic carbocycles. The predicted octanol–water partition coefficient (Wildman–Crippen LogP) is 3.70. The molecule has 0 bridgehead atoms. The maximum Gasteiger partial charge on any atom is 0.276 e. The second-order valence-corrected chi connectivity index (χ2v) is 9.51. The summed E-state index contributed by atoms with van der Waals surface area (Å²) in [6, 6.07) is 17.0. The molecule has 2 aromatic carbocycles. The molecule has 0 amide bonds. The molecular weight excluding hydrogens is 398 g/mol. The quantitative estimate of drug-likeness (QED) is 0.652. The van der Waals surface area contributed by atoms with E-state index in [1.807, 2.05) is 6.07 Å². The molecule has 1 fully saturated rings. The van der Waals surface area contributed by atoms with Gasteiger partial charge in [-0.25, -0.2) is 4.98 Å². The zero-order valence-corrected chi connectivity index (χ0v) is 18.3. The first kappa shape index (κ1) is 19.6. The first-order valence-electron chi connectivity index (χ1n) is 11.7. The average Bonchev–Trinajstić information content (AvgIpc) is 3.10. The lowest BCUT2D eigenvalue weighted by atomic mass is 9.73. The number of hydrogen-bond donors (Lipinski definition) is 2. The van der Waals surface area contributed by atoms with Crippen molar-refractivity contribution < 1.29 is 0 Å². The van der Waals surface area contributed by atoms with Crippen LogP contribution in [0.2, 0.25) is 0 Å². The van der Waals surface area contributed by atoms with E-state index in [9.17, 15) is 4.79 Å². The van der Waals surface area contributed by atoms with Crippen molar-refractivity contribution in [1.82, 2.24) is 9.97 Å². The lowest BCUT2D eigenvalue weighted by Gasteiger charge is -2.42. The number of aromatic nitrogens is 2. The van der Waals surface area contributed by atoms with E-state index in [2.05, 4.69) is 62.2 Å². The highest BCUT2D eigenvalue weighted by atomic mass is 16.1. The van der Waals surface area contributed by atoms with Crippen LogP contribution in [0.5, 0.6) is 0 Å². The summed E-state index contributed by atoms with van der Waals surface area (Å²) in [7, 11) is 0. The molecule has 1 atom stereocenters. The van der Waals surface area contributed by atoms with Gasteiger partial charge in [-0.2, -0.15) is 0 Å². The molecule has 3 aromatic rings. The van der Waals surface area contributed by atoms with E-state index < -0.39 is 0 Å². The second kappa shape index (κ2) is 7.48. The fourth-order valence-electron chi connectivity index (χ4n) is 5.98. The zero-order valence-electron chi connectivity index (χ0n) is 18.3. The standard InChI is InChI=1S/C26H29N5O/c27-23-20-9-3-1-7-19(20)16-26(23)11-14-30(15-12-26)25-28-17-22(24(32)29-25)31-13-5-8-18-6-2-4-10-21(18)31/h1-4,6-7,9-10,17,23H,5,8,11-16,27H2,(H,28,29,32)/t23-/m1/s1. The number of benzene rings is 2. The summed E-state index contributed by atoms with van der Waals surface area (Å²) >= 11 is 0. The van der Waals surface area contributed by atoms with Gasteiger partial charge in [0, 0.05) is 31.4 Å². The number of fused-ring (bicyclic) bond motifs is 2. The number of para-hydroxylation sites is 1. The first-order chi connectivity index (χ1) is 15.6. The van der Waals surface area contributed by atoms with E-state index in [1.54, 1.807) is 6.20 Å². The average molecular weight is 428 g/mol. The molecule has 0 unspecified atom stereocenters. The van der Waals surface area contributed by atoms with Crippen LogP contribution in [-0.2, 0) is 12.8 Å². The Bertz CT molecular complexity index is 1210. The van der Waals surface area contributed by atoms with Crippen molar-refractivity contribution in [3.8, 4) is 0 Å². The predicted molar refractivity (Wildman–Crippen MR) is 128 cm³/mol. The van der Waals surface area contributed by atoms with E-state index in [1.165, 1.54) is 16.7 Å². The lowest BCUT2D eigenvalue weighted by Crippen LogP contribution is -2.45. The van der Waals surface area contributed by atoms with Gasteiger partial charge >= 0.3 is 0 Å². The Morgan fingerprint density at radius 2 is 1.72 bits per heavy atom. The summed E-state index contributed by atoms with van der Waals surface area (Å²) in [5, 5.41) is 0. The van der Waals surface area contributed by atoms with Gasteiger partial charge in [0.2, 0.25) is 5.95 Å². The van der Waals surface area contributed by atoms with Crippen molar-refractivity contribution in [2.45, 2.75) is 38.1 Å². The maximum absolute atomic E-state index is 13.1. The van der Waals surface area contributed by atoms with Crippen LogP contribution in [0.4, 0.5) is 17.3 Å². The number of aromatic amines is 1. The third-order valence-electron chi connectivity index (χ3n) is 7.82. The van der Waals surface area contributed by atoms with Crippen LogP contribution >= 0.6 is 0 Å². The van der Waals surface area contributed by atoms with Gasteiger partial charge in [-0.15, -0.1) is 0 Å². The van der Waals surface area contributed by atoms with Crippen molar-refractivity contribution in [2.75, 3.05) is 29.4 Å². The molecule has 164 valence electrons. The molecule has 3 aliphatic rings. The summed E-state index contributed by atoms with van der Waals surface area (Å²) in [5.41, 5.74) is 12.5. The van der Waals surface area contributed by atoms with Gasteiger partial charge in [0.25, 0.3) is 5.56 Å². The van der Waals surface area contributed by atoms with Crippen molar-refractivity contribution >= 4 is 17.3 Å². The topological polar surface area (TPSA) is 78.2 Å². The summed E-state index contributed by atoms with van der Waals surface area (Å²) in [6.45, 7) is 2.55. The van der Waals surface area contributed by atoms with Crippen LogP contribution in [0.15, 0.2) is 59.5 Å². The molecule has 3 heterocycles. The number of nitrogens with one attached hydrogen (secondary N) is 1. The monoisotopic (exact) mass is 427 g/mol. The van der Waals surface area contributed by atoms with E-state index in [0.717, 1.165) is 57.4 Å². The molecule has 6 heteroatoms. The van der Waals surface area contributed by atoms with Gasteiger partial charge in [-0.05, 0) is 60.3 Å². The van der Waals surface area contributed by atoms with Crippen LogP contribution in [0, 0.1) is 5.41 Å². The normalized spacial score (nSPS) is 21.5. The lowest BCUT2D eigenvalue weighted by molar-refractivity contribution is 0.187. The minimum absolute atomic E-state index is 0.0723. The number of anilines is 3. The molecule has 6 rings (SSSR count). The van der Waals surface area contributed by atoms with Crippen molar-refractivity contribution in [3.05, 3.63) is 81.8 Å². The molecule has 1 aromatic heterocycles. The van der Waals surface area contributed by atoms with Gasteiger partial charge in [0.15, 0.2) is 0 Å². The molecule has 1 saturated heterocycles. The zero-order chi connectivity index (χ0) is 21.7. The van der Waals surface area contributed by atoms with E-state index in [-0.39, 0.29) is 17.0 Å². The Balaban J connectivity index is 1.21. The number of rotatable bonds is 2. The summed E-state index contributed by atoms with van der Waals surface area (Å²) in [6.07, 6.45) is 6.90. The minimum Gasteiger partial charge on any atom is -0.342 e. The van der Waals surface area contributed by atoms with E-state index in [4.69, 9.17) is 5.73 Å². The second-order valence-electron chi connectivity index (χ2n) is 9.51. The molecule has 0 saturated carbocycles. The smallest absolute Gasteiger partial charge is 0.276 e. The Morgan fingerprint density at radius 3 is 2.50 bits per heavy atom. The number of H-pyrrole nitrogens is 1. The largest absolute Gasteiger partial charge is 0.342 e. The van der Waals surface area contributed by atoms with Gasteiger partial charge in [0.05, 0.1) is 6.20 Å². The van der Waals surface area contributed by atoms with E-state index in [0.29, 0.717) is 11.6 Å². The van der Waals surface area contributed by atoms with Crippen molar-refractivity contribution in [1.29, 1.82) is 0 Å². The number of aryl methyl sites for hydroxylation is 1. The Morgan fingerprint density at radius 1 is 0.969 bits per heavy atom. The third-order valence-corrected chi connectivity index (χ3v) is 7.82. The molecule has 3 N–H and O–H groups in total. The number of nitrogens with two attached hydrogens (primary N) is 1. The van der Waals surface area contributed by atoms with Crippen LogP contribution in [0.3, 0.4) is 0 Å². The molecule has 2 aliphatic heterocycles. The van der Waals surface area contributed by atoms with Crippen LogP contribution < -0.4 is 21.1 Å². The Labute approximate surface area is 188 Å². The van der Waals surface area contributed by atoms with Crippen LogP contribution in [0.1, 0.15) is 42.0 Å². The van der Waals surface area contributed by atoms with Gasteiger partial charge in [-0.3, -0.25) is 9.78 Å². The van der Waals surface area contributed by atoms with E-state index >= 15 is 0 Å². The first-order valence-corrected chi connectivity index (χ1v) is 11.7. The summed E-state index contributed by atoms with van der Waals surface area (Å²) in [5.74, 6) is 0.669. The number of piperidine rings is 1. The summed E-state index contributed by atoms with van der Waals surface area (Å²) < 4.78 is 0. The fourth-order valence-corrected chi connectivity index (χ4v) is 5.98. The molecule has 6 nitrogen and oxygen atoms in total. The fraction of sp³-hybridized carbons (Fsp3) is 0.385. The van der Waals surface area contributed by atoms with Crippen LogP contribution in [-0.4, -0.2) is 29.6 Å². The SMILES string of the molecule is N[C@@H]1c2ccccc2CC12CCN(c1ncc(N3CCCc4ccccc43)c(=O)[nH]1)CC2. The van der Waals surface area contributed by atoms with Gasteiger partial charge < -0.3 is 15.5 Å². The number of nitrogens with zero attached hydrogens (tertiary/aromatic N) is 3. The van der Waals surface area contributed by atoms with Crippen molar-refractivity contribution in [2.24, 2.45) is 11.1 Å². The molecule has 0 radical (unpaired) electrons. The highest BCUT2D eigenvalue weighted by Gasteiger charge is 2.46. The van der Waals surface area contributed by atoms with Crippen LogP contribution in [0.25, 0.3) is 0 Å². The Hall–Kier alpha value is -3.12. The van der Waals surface area contributed by atoms with Gasteiger partial charge in [-0.1, -0.05) is 42.5 Å². The highest BCUT2D eigenvalue weighted by Crippen LogP contribution is 2.50. The maximum atomic E-state index is 13.1. The van der Waals surface area contributed by atoms with Gasteiger partial charge in [0.1, 0.15) is 5.69 Å². The minimum atomic E-state index is -0.0723. The molecule has 32 heavy (non-hydrogen) atoms. The molecule has 1 spiro atoms. The number of hydrogen-bond acceptors (Lipinski definition) is 5. The van der Waals surface area contributed by atoms with Crippen molar-refractivity contribution in [3.63, 3.8) is 0 Å². The molecular formula is C26H29N5O. The Kier molecular flexibility index (Phi) is 4.57. The third kappa shape index (κ3) is 3.05.